The molecule has 0 radical (unpaired) electrons. The van der Waals surface area contributed by atoms with Gasteiger partial charge in [-0.1, -0.05) is 0 Å². The van der Waals surface area contributed by atoms with Crippen molar-refractivity contribution in [3.63, 3.8) is 0 Å². The van der Waals surface area contributed by atoms with Crippen LogP contribution in [0.1, 0.15) is 36.9 Å². The van der Waals surface area contributed by atoms with E-state index in [0.717, 1.165) is 5.39 Å². The number of rotatable bonds is 5. The summed E-state index contributed by atoms with van der Waals surface area (Å²) < 4.78 is 21.1. The van der Waals surface area contributed by atoms with Crippen LogP contribution in [-0.4, -0.2) is 41.9 Å². The number of carbonyl (C=O) groups excluding carboxylic acids is 2. The third-order valence-electron chi connectivity index (χ3n) is 3.99. The fraction of sp³-hybridized carbons (Fsp3) is 0.333. The zero-order valence-electron chi connectivity index (χ0n) is 17.4. The van der Waals surface area contributed by atoms with Crippen molar-refractivity contribution in [2.45, 2.75) is 32.9 Å². The Bertz CT molecular complexity index is 1070. The minimum absolute atomic E-state index is 0.159. The van der Waals surface area contributed by atoms with Gasteiger partial charge in [-0.15, -0.1) is 0 Å². The van der Waals surface area contributed by atoms with Crippen LogP contribution in [0.2, 0.25) is 0 Å². The van der Waals surface area contributed by atoms with Crippen molar-refractivity contribution in [2.75, 3.05) is 14.2 Å². The number of hydrogen-bond donors (Lipinski definition) is 1. The lowest BCUT2D eigenvalue weighted by Gasteiger charge is -2.19. The first-order valence-corrected chi connectivity index (χ1v) is 9.18. The first kappa shape index (κ1) is 21.1. The third kappa shape index (κ3) is 4.86. The quantitative estimate of drug-likeness (QED) is 0.630. The van der Waals surface area contributed by atoms with Crippen LogP contribution < -0.4 is 10.1 Å². The Balaban J connectivity index is 1.85. The van der Waals surface area contributed by atoms with E-state index in [1.807, 2.05) is 6.07 Å². The number of hydrogen-bond acceptors (Lipinski definition) is 8. The Morgan fingerprint density at radius 2 is 1.80 bits per heavy atom. The number of amides is 1. The second kappa shape index (κ2) is 8.40. The molecule has 0 spiro atoms. The molecule has 0 fully saturated rings. The highest BCUT2D eigenvalue weighted by Crippen LogP contribution is 2.33. The lowest BCUT2D eigenvalue weighted by molar-refractivity contribution is 0.0519. The average Bonchev–Trinajstić information content (AvgIpc) is 3.13. The van der Waals surface area contributed by atoms with Gasteiger partial charge in [0.25, 0.3) is 0 Å². The van der Waals surface area contributed by atoms with Crippen LogP contribution in [0.4, 0.5) is 4.79 Å². The zero-order valence-corrected chi connectivity index (χ0v) is 17.4. The van der Waals surface area contributed by atoms with Gasteiger partial charge in [0.1, 0.15) is 11.4 Å². The molecule has 158 valence electrons. The van der Waals surface area contributed by atoms with Crippen molar-refractivity contribution in [3.05, 3.63) is 41.9 Å². The van der Waals surface area contributed by atoms with Gasteiger partial charge in [-0.2, -0.15) is 0 Å². The van der Waals surface area contributed by atoms with E-state index in [-0.39, 0.29) is 12.1 Å². The number of fused-ring (bicyclic) bond motifs is 1. The molecule has 3 aromatic rings. The number of carbonyl (C=O) groups is 2. The highest BCUT2D eigenvalue weighted by molar-refractivity contribution is 5.90. The summed E-state index contributed by atoms with van der Waals surface area (Å²) in [6.07, 6.45) is 2.27. The molecule has 2 heterocycles. The second-order valence-electron chi connectivity index (χ2n) is 7.45. The number of nitrogens with zero attached hydrogens (tertiary/aromatic N) is 2. The van der Waals surface area contributed by atoms with E-state index in [1.54, 1.807) is 32.9 Å². The predicted octanol–water partition coefficient (Wildman–Crippen LogP) is 3.71. The Morgan fingerprint density at radius 1 is 1.10 bits per heavy atom. The number of nitrogens with one attached hydrogen (secondary N) is 1. The molecule has 0 unspecified atom stereocenters. The fourth-order valence-electron chi connectivity index (χ4n) is 2.72. The SMILES string of the molecule is COC(=O)c1cnc(-c2cc(OC)c3oc(CNC(=O)OC(C)(C)C)cc3c2)nc1. The van der Waals surface area contributed by atoms with Crippen LogP contribution in [0.15, 0.2) is 35.0 Å². The summed E-state index contributed by atoms with van der Waals surface area (Å²) in [4.78, 5) is 31.9. The van der Waals surface area contributed by atoms with Crippen molar-refractivity contribution in [1.82, 2.24) is 15.3 Å². The predicted molar refractivity (Wildman–Crippen MR) is 108 cm³/mol. The lowest BCUT2D eigenvalue weighted by Crippen LogP contribution is -2.32. The summed E-state index contributed by atoms with van der Waals surface area (Å²) >= 11 is 0. The Morgan fingerprint density at radius 3 is 2.40 bits per heavy atom. The normalized spacial score (nSPS) is 11.2. The molecular formula is C21H23N3O6. The number of benzene rings is 1. The van der Waals surface area contributed by atoms with Crippen LogP contribution in [0.3, 0.4) is 0 Å². The van der Waals surface area contributed by atoms with E-state index in [0.29, 0.717) is 28.5 Å². The summed E-state index contributed by atoms with van der Waals surface area (Å²) in [5.74, 6) is 0.934. The Kier molecular flexibility index (Phi) is 5.91. The first-order chi connectivity index (χ1) is 14.2. The number of furan rings is 1. The van der Waals surface area contributed by atoms with Gasteiger partial charge in [-0.3, -0.25) is 0 Å². The molecule has 30 heavy (non-hydrogen) atoms. The van der Waals surface area contributed by atoms with Crippen molar-refractivity contribution >= 4 is 23.0 Å². The highest BCUT2D eigenvalue weighted by Gasteiger charge is 2.18. The number of ether oxygens (including phenoxy) is 3. The van der Waals surface area contributed by atoms with E-state index in [1.165, 1.54) is 26.6 Å². The van der Waals surface area contributed by atoms with Gasteiger partial charge in [0.2, 0.25) is 0 Å². The second-order valence-corrected chi connectivity index (χ2v) is 7.45. The van der Waals surface area contributed by atoms with Gasteiger partial charge in [0, 0.05) is 23.3 Å². The fourth-order valence-corrected chi connectivity index (χ4v) is 2.72. The molecule has 0 aliphatic heterocycles. The van der Waals surface area contributed by atoms with Crippen LogP contribution in [0.25, 0.3) is 22.4 Å². The maximum atomic E-state index is 11.9. The largest absolute Gasteiger partial charge is 0.493 e. The Hall–Kier alpha value is -3.62. The van der Waals surface area contributed by atoms with E-state index in [9.17, 15) is 9.59 Å². The van der Waals surface area contributed by atoms with Crippen LogP contribution in [-0.2, 0) is 16.0 Å². The van der Waals surface area contributed by atoms with Crippen LogP contribution >= 0.6 is 0 Å². The topological polar surface area (TPSA) is 113 Å². The van der Waals surface area contributed by atoms with E-state index in [4.69, 9.17) is 13.9 Å². The summed E-state index contributed by atoms with van der Waals surface area (Å²) in [5, 5.41) is 3.41. The van der Waals surface area contributed by atoms with E-state index < -0.39 is 17.7 Å². The van der Waals surface area contributed by atoms with E-state index in [2.05, 4.69) is 20.0 Å². The van der Waals surface area contributed by atoms with Crippen molar-refractivity contribution < 1.29 is 28.2 Å². The minimum atomic E-state index is -0.584. The molecule has 1 aromatic carbocycles. The molecule has 0 atom stereocenters. The maximum absolute atomic E-state index is 11.9. The third-order valence-corrected chi connectivity index (χ3v) is 3.99. The van der Waals surface area contributed by atoms with Gasteiger partial charge in [-0.25, -0.2) is 19.6 Å². The summed E-state index contributed by atoms with van der Waals surface area (Å²) in [6.45, 7) is 5.53. The molecule has 0 bridgehead atoms. The van der Waals surface area contributed by atoms with Crippen molar-refractivity contribution in [2.24, 2.45) is 0 Å². The molecular weight excluding hydrogens is 390 g/mol. The highest BCUT2D eigenvalue weighted by atomic mass is 16.6. The first-order valence-electron chi connectivity index (χ1n) is 9.18. The molecule has 0 saturated carbocycles. The summed E-state index contributed by atoms with van der Waals surface area (Å²) in [6, 6.07) is 5.37. The van der Waals surface area contributed by atoms with Crippen molar-refractivity contribution in [3.8, 4) is 17.1 Å². The van der Waals surface area contributed by atoms with Gasteiger partial charge in [-0.05, 0) is 39.0 Å². The molecule has 1 N–H and O–H groups in total. The number of alkyl carbamates (subject to hydrolysis) is 1. The minimum Gasteiger partial charge on any atom is -0.493 e. The molecule has 9 nitrogen and oxygen atoms in total. The van der Waals surface area contributed by atoms with Crippen LogP contribution in [0.5, 0.6) is 5.75 Å². The molecule has 2 aromatic heterocycles. The smallest absolute Gasteiger partial charge is 0.408 e. The monoisotopic (exact) mass is 413 g/mol. The van der Waals surface area contributed by atoms with Gasteiger partial charge in [0.15, 0.2) is 17.2 Å². The maximum Gasteiger partial charge on any atom is 0.408 e. The average molecular weight is 413 g/mol. The molecule has 0 saturated heterocycles. The van der Waals surface area contributed by atoms with Gasteiger partial charge < -0.3 is 23.9 Å². The Labute approximate surface area is 173 Å². The number of methoxy groups -OCH3 is 2. The number of esters is 1. The molecule has 0 aliphatic rings. The summed E-state index contributed by atoms with van der Waals surface area (Å²) in [5.41, 5.74) is 0.893. The van der Waals surface area contributed by atoms with Gasteiger partial charge in [0.05, 0.1) is 26.3 Å². The zero-order chi connectivity index (χ0) is 21.9. The van der Waals surface area contributed by atoms with Gasteiger partial charge >= 0.3 is 12.1 Å². The summed E-state index contributed by atoms with van der Waals surface area (Å²) in [7, 11) is 2.82. The molecule has 9 heteroatoms. The van der Waals surface area contributed by atoms with E-state index >= 15 is 0 Å². The molecule has 0 aliphatic carbocycles. The molecule has 1 amide bonds. The lowest BCUT2D eigenvalue weighted by atomic mass is 10.1. The van der Waals surface area contributed by atoms with Crippen LogP contribution in [0, 0.1) is 0 Å². The number of aromatic nitrogens is 2. The molecule has 3 rings (SSSR count). The van der Waals surface area contributed by atoms with Crippen molar-refractivity contribution in [1.29, 1.82) is 0 Å². The standard InChI is InChI=1S/C21H23N3O6/c1-21(2,3)30-20(26)24-11-15-7-12-6-13(8-16(27-4)17(12)29-15)18-22-9-14(10-23-18)19(25)28-5/h6-10H,11H2,1-5H3,(H,24,26).